The van der Waals surface area contributed by atoms with Crippen molar-refractivity contribution in [3.8, 4) is 23.1 Å². The second-order valence-corrected chi connectivity index (χ2v) is 8.87. The third-order valence-electron chi connectivity index (χ3n) is 6.00. The van der Waals surface area contributed by atoms with Gasteiger partial charge in [0.15, 0.2) is 17.2 Å². The summed E-state index contributed by atoms with van der Waals surface area (Å²) in [4.78, 5) is 15.2. The summed E-state index contributed by atoms with van der Waals surface area (Å²) in [6.07, 6.45) is 2.28. The number of fused-ring (bicyclic) bond motifs is 1. The van der Waals surface area contributed by atoms with Crippen molar-refractivity contribution in [2.75, 3.05) is 34.4 Å². The molecule has 1 N–H and O–H groups in total. The predicted molar refractivity (Wildman–Crippen MR) is 132 cm³/mol. The lowest BCUT2D eigenvalue weighted by Crippen LogP contribution is -2.22. The highest BCUT2D eigenvalue weighted by molar-refractivity contribution is 9.10. The molecule has 1 aliphatic heterocycles. The van der Waals surface area contributed by atoms with Crippen LogP contribution in [-0.4, -0.2) is 54.9 Å². The van der Waals surface area contributed by atoms with Gasteiger partial charge in [-0.25, -0.2) is 0 Å². The number of amides is 1. The van der Waals surface area contributed by atoms with E-state index in [0.717, 1.165) is 41.5 Å². The molecule has 0 saturated carbocycles. The van der Waals surface area contributed by atoms with Gasteiger partial charge in [0.1, 0.15) is 0 Å². The van der Waals surface area contributed by atoms with Crippen LogP contribution in [0.3, 0.4) is 0 Å². The van der Waals surface area contributed by atoms with Crippen LogP contribution in [0.15, 0.2) is 39.0 Å². The average molecular weight is 531 g/mol. The molecular weight excluding hydrogens is 504 g/mol. The molecule has 180 valence electrons. The Labute approximate surface area is 206 Å². The van der Waals surface area contributed by atoms with E-state index in [0.29, 0.717) is 29.3 Å². The van der Waals surface area contributed by atoms with E-state index in [-0.39, 0.29) is 17.1 Å². The number of carbonyl (C=O) groups is 1. The van der Waals surface area contributed by atoms with Crippen molar-refractivity contribution in [3.05, 3.63) is 39.9 Å². The number of rotatable bonds is 7. The highest BCUT2D eigenvalue weighted by Gasteiger charge is 2.23. The summed E-state index contributed by atoms with van der Waals surface area (Å²) in [6, 6.07) is 6.96. The SMILES string of the molecule is COc1cc(C(=O)N=Nc2c(O)n(CN3CCCC3)c3ccc(C)c(Br)c23)cc(OC)c1OC. The molecule has 4 rings (SSSR count). The van der Waals surface area contributed by atoms with Crippen LogP contribution in [-0.2, 0) is 6.67 Å². The van der Waals surface area contributed by atoms with E-state index in [9.17, 15) is 9.90 Å². The molecule has 1 fully saturated rings. The number of azo groups is 1. The molecule has 1 amide bonds. The van der Waals surface area contributed by atoms with Crippen molar-refractivity contribution in [2.24, 2.45) is 10.2 Å². The highest BCUT2D eigenvalue weighted by Crippen LogP contribution is 2.44. The van der Waals surface area contributed by atoms with E-state index in [1.54, 1.807) is 0 Å². The lowest BCUT2D eigenvalue weighted by molar-refractivity contribution is 0.0994. The zero-order valence-corrected chi connectivity index (χ0v) is 21.2. The number of benzene rings is 2. The van der Waals surface area contributed by atoms with Gasteiger partial charge < -0.3 is 19.3 Å². The quantitative estimate of drug-likeness (QED) is 0.409. The van der Waals surface area contributed by atoms with E-state index in [2.05, 4.69) is 31.1 Å². The number of aryl methyl sites for hydroxylation is 1. The van der Waals surface area contributed by atoms with Gasteiger partial charge in [0.05, 0.1) is 39.1 Å². The van der Waals surface area contributed by atoms with E-state index in [1.165, 1.54) is 33.5 Å². The zero-order chi connectivity index (χ0) is 24.4. The molecule has 1 saturated heterocycles. The summed E-state index contributed by atoms with van der Waals surface area (Å²) in [7, 11) is 4.43. The molecule has 2 heterocycles. The Hall–Kier alpha value is -3.11. The maximum Gasteiger partial charge on any atom is 0.295 e. The van der Waals surface area contributed by atoms with Crippen molar-refractivity contribution in [1.82, 2.24) is 9.47 Å². The van der Waals surface area contributed by atoms with Gasteiger partial charge in [-0.1, -0.05) is 6.07 Å². The number of halogens is 1. The van der Waals surface area contributed by atoms with Crippen LogP contribution in [0, 0.1) is 6.92 Å². The molecule has 10 heteroatoms. The van der Waals surface area contributed by atoms with Crippen molar-refractivity contribution in [3.63, 3.8) is 0 Å². The molecule has 9 nitrogen and oxygen atoms in total. The van der Waals surface area contributed by atoms with Crippen molar-refractivity contribution < 1.29 is 24.1 Å². The van der Waals surface area contributed by atoms with Crippen molar-refractivity contribution in [1.29, 1.82) is 0 Å². The Morgan fingerprint density at radius 2 is 1.74 bits per heavy atom. The van der Waals surface area contributed by atoms with E-state index in [4.69, 9.17) is 14.2 Å². The molecule has 0 radical (unpaired) electrons. The Morgan fingerprint density at radius 3 is 2.32 bits per heavy atom. The molecule has 0 spiro atoms. The van der Waals surface area contributed by atoms with Crippen LogP contribution in [0.2, 0.25) is 0 Å². The number of carbonyl (C=O) groups excluding carboxylic acids is 1. The van der Waals surface area contributed by atoms with Gasteiger partial charge >= 0.3 is 0 Å². The maximum atomic E-state index is 12.9. The maximum absolute atomic E-state index is 12.9. The molecular formula is C24H27BrN4O5. The van der Waals surface area contributed by atoms with Crippen LogP contribution in [0.1, 0.15) is 28.8 Å². The average Bonchev–Trinajstić information content (AvgIpc) is 3.45. The fourth-order valence-electron chi connectivity index (χ4n) is 4.19. The van der Waals surface area contributed by atoms with Gasteiger partial charge in [0, 0.05) is 9.86 Å². The fourth-order valence-corrected chi connectivity index (χ4v) is 4.72. The topological polar surface area (TPSA) is 97.9 Å². The summed E-state index contributed by atoms with van der Waals surface area (Å²) in [5, 5.41) is 19.9. The minimum absolute atomic E-state index is 0.0327. The standard InChI is InChI=1S/C24H27BrN4O5/c1-14-7-8-16-19(20(14)25)21(24(31)29(16)13-28-9-5-6-10-28)26-27-23(30)15-11-17(32-2)22(34-4)18(12-15)33-3/h7-8,11-12,31H,5-6,9-10,13H2,1-4H3. The lowest BCUT2D eigenvalue weighted by Gasteiger charge is -2.17. The number of likely N-dealkylation sites (tertiary alicyclic amines) is 1. The molecule has 0 aliphatic carbocycles. The first-order valence-electron chi connectivity index (χ1n) is 10.9. The first-order chi connectivity index (χ1) is 16.4. The van der Waals surface area contributed by atoms with Crippen LogP contribution in [0.4, 0.5) is 5.69 Å². The number of ether oxygens (including phenoxy) is 3. The predicted octanol–water partition coefficient (Wildman–Crippen LogP) is 5.42. The minimum Gasteiger partial charge on any atom is -0.493 e. The normalized spacial score (nSPS) is 14.3. The van der Waals surface area contributed by atoms with Gasteiger partial charge in [-0.05, 0) is 72.5 Å². The van der Waals surface area contributed by atoms with Crippen molar-refractivity contribution in [2.45, 2.75) is 26.4 Å². The first-order valence-corrected chi connectivity index (χ1v) is 11.7. The second kappa shape index (κ2) is 10.0. The van der Waals surface area contributed by atoms with Gasteiger partial charge in [0.2, 0.25) is 11.6 Å². The molecule has 3 aromatic rings. The van der Waals surface area contributed by atoms with E-state index < -0.39 is 5.91 Å². The molecule has 0 bridgehead atoms. The fraction of sp³-hybridized carbons (Fsp3) is 0.375. The Balaban J connectivity index is 1.76. The molecule has 1 aliphatic rings. The van der Waals surface area contributed by atoms with E-state index >= 15 is 0 Å². The minimum atomic E-state index is -0.608. The Kier molecular flexibility index (Phi) is 7.08. The lowest BCUT2D eigenvalue weighted by atomic mass is 10.1. The summed E-state index contributed by atoms with van der Waals surface area (Å²) in [5.74, 6) is 0.408. The van der Waals surface area contributed by atoms with Crippen LogP contribution in [0.25, 0.3) is 10.9 Å². The third-order valence-corrected chi connectivity index (χ3v) is 7.02. The summed E-state index contributed by atoms with van der Waals surface area (Å²) >= 11 is 3.63. The smallest absolute Gasteiger partial charge is 0.295 e. The van der Waals surface area contributed by atoms with Gasteiger partial charge in [-0.15, -0.1) is 10.2 Å². The van der Waals surface area contributed by atoms with Gasteiger partial charge in [0.25, 0.3) is 5.91 Å². The number of aromatic hydroxyl groups is 1. The zero-order valence-electron chi connectivity index (χ0n) is 19.6. The second-order valence-electron chi connectivity index (χ2n) is 8.08. The monoisotopic (exact) mass is 530 g/mol. The Morgan fingerprint density at radius 1 is 1.09 bits per heavy atom. The molecule has 34 heavy (non-hydrogen) atoms. The Bertz CT molecular complexity index is 1240. The van der Waals surface area contributed by atoms with Crippen LogP contribution in [0.5, 0.6) is 23.1 Å². The number of nitrogens with zero attached hydrogens (tertiary/aromatic N) is 4. The molecule has 0 atom stereocenters. The first kappa shape index (κ1) is 24.0. The number of aromatic nitrogens is 1. The molecule has 2 aromatic carbocycles. The van der Waals surface area contributed by atoms with Gasteiger partial charge in [-0.2, -0.15) is 0 Å². The molecule has 1 aromatic heterocycles. The summed E-state index contributed by atoms with van der Waals surface area (Å²) < 4.78 is 18.6. The third kappa shape index (κ3) is 4.35. The highest BCUT2D eigenvalue weighted by atomic mass is 79.9. The summed E-state index contributed by atoms with van der Waals surface area (Å²) in [5.41, 5.74) is 2.26. The van der Waals surface area contributed by atoms with Gasteiger partial charge in [-0.3, -0.25) is 14.3 Å². The largest absolute Gasteiger partial charge is 0.493 e. The number of methoxy groups -OCH3 is 3. The van der Waals surface area contributed by atoms with Crippen LogP contribution >= 0.6 is 15.9 Å². The van der Waals surface area contributed by atoms with Crippen LogP contribution < -0.4 is 14.2 Å². The molecule has 0 unspecified atom stereocenters. The number of hydrogen-bond donors (Lipinski definition) is 1. The summed E-state index contributed by atoms with van der Waals surface area (Å²) in [6.45, 7) is 4.44. The van der Waals surface area contributed by atoms with E-state index in [1.807, 2.05) is 23.6 Å². The van der Waals surface area contributed by atoms with Crippen molar-refractivity contribution >= 4 is 38.4 Å². The number of hydrogen-bond acceptors (Lipinski definition) is 7.